The van der Waals surface area contributed by atoms with Crippen LogP contribution in [0.15, 0.2) is 24.3 Å². The third-order valence-electron chi connectivity index (χ3n) is 2.44. The molecule has 0 aromatic heterocycles. The molecule has 110 valence electrons. The molecule has 0 heterocycles. The molecule has 0 fully saturated rings. The van der Waals surface area contributed by atoms with E-state index in [2.05, 4.69) is 0 Å². The molecule has 1 aromatic rings. The summed E-state index contributed by atoms with van der Waals surface area (Å²) >= 11 is 0. The predicted octanol–water partition coefficient (Wildman–Crippen LogP) is 2.45. The average Bonchev–Trinajstić information content (AvgIpc) is 2.49. The Morgan fingerprint density at radius 1 is 0.950 bits per heavy atom. The highest BCUT2D eigenvalue weighted by Crippen LogP contribution is 2.08. The largest absolute Gasteiger partial charge is 0.462 e. The lowest BCUT2D eigenvalue weighted by molar-refractivity contribution is 0.0335. The average molecular weight is 280 g/mol. The molecule has 0 unspecified atom stereocenters. The van der Waals surface area contributed by atoms with E-state index in [4.69, 9.17) is 14.2 Å². The van der Waals surface area contributed by atoms with E-state index in [-0.39, 0.29) is 6.61 Å². The molecule has 1 aromatic carbocycles. The van der Waals surface area contributed by atoms with E-state index in [0.717, 1.165) is 6.42 Å². The SMILES string of the molecule is CCCOC(=O)c1cccc(C(=O)OCCOCC)c1. The molecule has 0 atom stereocenters. The molecule has 5 nitrogen and oxygen atoms in total. The molecule has 0 saturated heterocycles. The Morgan fingerprint density at radius 2 is 1.55 bits per heavy atom. The summed E-state index contributed by atoms with van der Waals surface area (Å²) in [6, 6.07) is 6.30. The van der Waals surface area contributed by atoms with Crippen LogP contribution in [0.5, 0.6) is 0 Å². The van der Waals surface area contributed by atoms with E-state index < -0.39 is 11.9 Å². The van der Waals surface area contributed by atoms with Crippen molar-refractivity contribution in [3.05, 3.63) is 35.4 Å². The van der Waals surface area contributed by atoms with Gasteiger partial charge in [0.1, 0.15) is 6.61 Å². The van der Waals surface area contributed by atoms with Crippen molar-refractivity contribution in [2.24, 2.45) is 0 Å². The van der Waals surface area contributed by atoms with Crippen molar-refractivity contribution in [1.29, 1.82) is 0 Å². The van der Waals surface area contributed by atoms with Gasteiger partial charge in [0.25, 0.3) is 0 Å². The van der Waals surface area contributed by atoms with E-state index in [1.54, 1.807) is 18.2 Å². The molecular weight excluding hydrogens is 260 g/mol. The van der Waals surface area contributed by atoms with Crippen molar-refractivity contribution < 1.29 is 23.8 Å². The number of hydrogen-bond donors (Lipinski definition) is 0. The second-order valence-corrected chi connectivity index (χ2v) is 4.05. The Labute approximate surface area is 118 Å². The first kappa shape index (κ1) is 16.2. The zero-order valence-electron chi connectivity index (χ0n) is 11.9. The minimum Gasteiger partial charge on any atom is -0.462 e. The molecule has 5 heteroatoms. The number of ether oxygens (including phenoxy) is 3. The van der Waals surface area contributed by atoms with Gasteiger partial charge in [0.15, 0.2) is 0 Å². The topological polar surface area (TPSA) is 61.8 Å². The number of benzene rings is 1. The molecule has 0 radical (unpaired) electrons. The first-order valence-corrected chi connectivity index (χ1v) is 6.71. The third kappa shape index (κ3) is 5.40. The summed E-state index contributed by atoms with van der Waals surface area (Å²) < 4.78 is 15.1. The predicted molar refractivity (Wildman–Crippen MR) is 73.8 cm³/mol. The Balaban J connectivity index is 2.58. The molecule has 0 aliphatic heterocycles. The maximum Gasteiger partial charge on any atom is 0.338 e. The van der Waals surface area contributed by atoms with E-state index in [1.165, 1.54) is 6.07 Å². The van der Waals surface area contributed by atoms with Gasteiger partial charge in [-0.3, -0.25) is 0 Å². The maximum absolute atomic E-state index is 11.8. The molecule has 0 aliphatic carbocycles. The second kappa shape index (κ2) is 9.09. The van der Waals surface area contributed by atoms with E-state index in [0.29, 0.717) is 30.9 Å². The number of esters is 2. The summed E-state index contributed by atoms with van der Waals surface area (Å²) in [4.78, 5) is 23.5. The Bertz CT molecular complexity index is 442. The molecule has 0 spiro atoms. The van der Waals surface area contributed by atoms with Gasteiger partial charge in [0, 0.05) is 6.61 Å². The fourth-order valence-electron chi connectivity index (χ4n) is 1.47. The lowest BCUT2D eigenvalue weighted by Gasteiger charge is -2.07. The van der Waals surface area contributed by atoms with Crippen LogP contribution in [-0.2, 0) is 14.2 Å². The van der Waals surface area contributed by atoms with Crippen LogP contribution in [0, 0.1) is 0 Å². The minimum atomic E-state index is -0.477. The molecule has 1 rings (SSSR count). The van der Waals surface area contributed by atoms with Crippen LogP contribution in [-0.4, -0.2) is 38.4 Å². The summed E-state index contributed by atoms with van der Waals surface area (Å²) in [5.74, 6) is -0.911. The van der Waals surface area contributed by atoms with Gasteiger partial charge in [-0.05, 0) is 31.5 Å². The van der Waals surface area contributed by atoms with Crippen LogP contribution >= 0.6 is 0 Å². The summed E-state index contributed by atoms with van der Waals surface area (Å²) in [7, 11) is 0. The fourth-order valence-corrected chi connectivity index (χ4v) is 1.47. The first-order chi connectivity index (χ1) is 9.69. The number of hydrogen-bond acceptors (Lipinski definition) is 5. The molecule has 0 aliphatic rings. The van der Waals surface area contributed by atoms with Gasteiger partial charge >= 0.3 is 11.9 Å². The standard InChI is InChI=1S/C15H20O5/c1-3-8-19-14(16)12-6-5-7-13(11-12)15(17)20-10-9-18-4-2/h5-7,11H,3-4,8-10H2,1-2H3. The Morgan fingerprint density at radius 3 is 2.10 bits per heavy atom. The minimum absolute atomic E-state index is 0.192. The van der Waals surface area contributed by atoms with Gasteiger partial charge in [-0.15, -0.1) is 0 Å². The van der Waals surface area contributed by atoms with Crippen molar-refractivity contribution in [3.63, 3.8) is 0 Å². The normalized spacial score (nSPS) is 10.1. The molecule has 0 N–H and O–H groups in total. The van der Waals surface area contributed by atoms with Gasteiger partial charge in [-0.2, -0.15) is 0 Å². The lowest BCUT2D eigenvalue weighted by Crippen LogP contribution is -2.12. The summed E-state index contributed by atoms with van der Waals surface area (Å²) in [5.41, 5.74) is 0.671. The highest BCUT2D eigenvalue weighted by atomic mass is 16.6. The first-order valence-electron chi connectivity index (χ1n) is 6.71. The van der Waals surface area contributed by atoms with Crippen LogP contribution in [0.1, 0.15) is 41.0 Å². The zero-order chi connectivity index (χ0) is 14.8. The molecular formula is C15H20O5. The van der Waals surface area contributed by atoms with E-state index in [9.17, 15) is 9.59 Å². The molecule has 0 bridgehead atoms. The van der Waals surface area contributed by atoms with Crippen LogP contribution in [0.25, 0.3) is 0 Å². The van der Waals surface area contributed by atoms with Gasteiger partial charge in [0.2, 0.25) is 0 Å². The zero-order valence-corrected chi connectivity index (χ0v) is 11.9. The molecule has 0 saturated carbocycles. The van der Waals surface area contributed by atoms with Crippen molar-refractivity contribution in [2.75, 3.05) is 26.4 Å². The van der Waals surface area contributed by atoms with Crippen LogP contribution in [0.4, 0.5) is 0 Å². The van der Waals surface area contributed by atoms with Gasteiger partial charge in [-0.25, -0.2) is 9.59 Å². The van der Waals surface area contributed by atoms with Crippen molar-refractivity contribution in [2.45, 2.75) is 20.3 Å². The van der Waals surface area contributed by atoms with E-state index in [1.807, 2.05) is 13.8 Å². The summed E-state index contributed by atoms with van der Waals surface area (Å²) in [5, 5.41) is 0. The monoisotopic (exact) mass is 280 g/mol. The Hall–Kier alpha value is -1.88. The van der Waals surface area contributed by atoms with E-state index >= 15 is 0 Å². The second-order valence-electron chi connectivity index (χ2n) is 4.05. The highest BCUT2D eigenvalue weighted by molar-refractivity contribution is 5.95. The van der Waals surface area contributed by atoms with Gasteiger partial charge in [0.05, 0.1) is 24.3 Å². The number of carbonyl (C=O) groups is 2. The number of carbonyl (C=O) groups excluding carboxylic acids is 2. The van der Waals surface area contributed by atoms with Crippen molar-refractivity contribution in [3.8, 4) is 0 Å². The van der Waals surface area contributed by atoms with Crippen molar-refractivity contribution in [1.82, 2.24) is 0 Å². The summed E-state index contributed by atoms with van der Waals surface area (Å²) in [6.45, 7) is 5.28. The third-order valence-corrected chi connectivity index (χ3v) is 2.44. The van der Waals surface area contributed by atoms with Gasteiger partial charge in [-0.1, -0.05) is 13.0 Å². The maximum atomic E-state index is 11.8. The highest BCUT2D eigenvalue weighted by Gasteiger charge is 2.12. The quantitative estimate of drug-likeness (QED) is 0.540. The number of rotatable bonds is 8. The molecule has 20 heavy (non-hydrogen) atoms. The van der Waals surface area contributed by atoms with Crippen LogP contribution in [0.2, 0.25) is 0 Å². The smallest absolute Gasteiger partial charge is 0.338 e. The van der Waals surface area contributed by atoms with Crippen molar-refractivity contribution >= 4 is 11.9 Å². The lowest BCUT2D eigenvalue weighted by atomic mass is 10.1. The molecule has 0 amide bonds. The Kier molecular flexibility index (Phi) is 7.35. The fraction of sp³-hybridized carbons (Fsp3) is 0.467. The summed E-state index contributed by atoms with van der Waals surface area (Å²) in [6.07, 6.45) is 0.755. The van der Waals surface area contributed by atoms with Crippen LogP contribution in [0.3, 0.4) is 0 Å². The van der Waals surface area contributed by atoms with Crippen LogP contribution < -0.4 is 0 Å². The van der Waals surface area contributed by atoms with Gasteiger partial charge < -0.3 is 14.2 Å².